The number of aromatic amines is 1. The van der Waals surface area contributed by atoms with Gasteiger partial charge in [-0.2, -0.15) is 5.10 Å². The van der Waals surface area contributed by atoms with Crippen LogP contribution in [0.2, 0.25) is 5.02 Å². The molecule has 0 bridgehead atoms. The van der Waals surface area contributed by atoms with Gasteiger partial charge in [0.2, 0.25) is 0 Å². The molecule has 3 aromatic heterocycles. The third-order valence-electron chi connectivity index (χ3n) is 5.69. The standard InChI is InChI=1S/C27H23ClF2N6O2/c1-27(2,3)21-13-22(36(35-21)15-7-5-4-6-8-15)33-26(37)34-24-18(29)11-16(12-19(24)30)38-20-9-10-31-25-23(20)17(28)14-32-25/h4-14H,1-3H3,(H,31,32)(H2,33,34,37). The van der Waals surface area contributed by atoms with Crippen molar-refractivity contribution in [2.24, 2.45) is 0 Å². The molecule has 0 atom stereocenters. The predicted octanol–water partition coefficient (Wildman–Crippen LogP) is 7.41. The molecule has 0 saturated carbocycles. The lowest BCUT2D eigenvalue weighted by atomic mass is 9.92. The highest BCUT2D eigenvalue weighted by Crippen LogP contribution is 2.35. The van der Waals surface area contributed by atoms with Crippen molar-refractivity contribution in [3.8, 4) is 17.2 Å². The maximum absolute atomic E-state index is 14.9. The number of urea groups is 1. The molecule has 0 saturated heterocycles. The zero-order valence-electron chi connectivity index (χ0n) is 20.6. The molecule has 8 nitrogen and oxygen atoms in total. The summed E-state index contributed by atoms with van der Waals surface area (Å²) in [5, 5.41) is 10.3. The molecule has 3 heterocycles. The van der Waals surface area contributed by atoms with Gasteiger partial charge in [-0.25, -0.2) is 23.2 Å². The minimum atomic E-state index is -1.02. The summed E-state index contributed by atoms with van der Waals surface area (Å²) in [5.74, 6) is -1.56. The van der Waals surface area contributed by atoms with E-state index in [9.17, 15) is 13.6 Å². The third kappa shape index (κ3) is 5.03. The van der Waals surface area contributed by atoms with Gasteiger partial charge in [-0.05, 0) is 18.2 Å². The lowest BCUT2D eigenvalue weighted by Gasteiger charge is -2.14. The summed E-state index contributed by atoms with van der Waals surface area (Å²) in [7, 11) is 0. The zero-order chi connectivity index (χ0) is 27.0. The van der Waals surface area contributed by atoms with Crippen molar-refractivity contribution in [1.29, 1.82) is 0 Å². The van der Waals surface area contributed by atoms with Crippen molar-refractivity contribution in [3.63, 3.8) is 0 Å². The van der Waals surface area contributed by atoms with Crippen molar-refractivity contribution >= 4 is 40.2 Å². The maximum Gasteiger partial charge on any atom is 0.325 e. The summed E-state index contributed by atoms with van der Waals surface area (Å²) in [4.78, 5) is 19.8. The van der Waals surface area contributed by atoms with Gasteiger partial charge in [0.25, 0.3) is 0 Å². The zero-order valence-corrected chi connectivity index (χ0v) is 21.4. The van der Waals surface area contributed by atoms with E-state index in [1.807, 2.05) is 51.1 Å². The lowest BCUT2D eigenvalue weighted by Crippen LogP contribution is -2.22. The maximum atomic E-state index is 14.9. The first-order valence-corrected chi connectivity index (χ1v) is 12.0. The van der Waals surface area contributed by atoms with Gasteiger partial charge in [0.15, 0.2) is 11.6 Å². The van der Waals surface area contributed by atoms with Crippen molar-refractivity contribution in [1.82, 2.24) is 19.7 Å². The number of fused-ring (bicyclic) bond motifs is 1. The third-order valence-corrected chi connectivity index (χ3v) is 5.99. The lowest BCUT2D eigenvalue weighted by molar-refractivity contribution is 0.261. The molecule has 38 heavy (non-hydrogen) atoms. The number of carbonyl (C=O) groups is 1. The van der Waals surface area contributed by atoms with Crippen LogP contribution in [0.3, 0.4) is 0 Å². The highest BCUT2D eigenvalue weighted by Gasteiger charge is 2.23. The fourth-order valence-electron chi connectivity index (χ4n) is 3.79. The fourth-order valence-corrected chi connectivity index (χ4v) is 4.03. The summed E-state index contributed by atoms with van der Waals surface area (Å²) < 4.78 is 37.1. The van der Waals surface area contributed by atoms with E-state index in [-0.39, 0.29) is 16.9 Å². The number of nitrogens with zero attached hydrogens (tertiary/aromatic N) is 3. The van der Waals surface area contributed by atoms with Crippen LogP contribution >= 0.6 is 11.6 Å². The van der Waals surface area contributed by atoms with Crippen LogP contribution in [0, 0.1) is 11.6 Å². The summed E-state index contributed by atoms with van der Waals surface area (Å²) in [6.45, 7) is 5.97. The quantitative estimate of drug-likeness (QED) is 0.218. The van der Waals surface area contributed by atoms with Crippen LogP contribution in [0.4, 0.5) is 25.1 Å². The molecule has 11 heteroatoms. The SMILES string of the molecule is CC(C)(C)c1cc(NC(=O)Nc2c(F)cc(Oc3ccnc4[nH]cc(Cl)c34)cc2F)n(-c2ccccc2)n1. The van der Waals surface area contributed by atoms with Crippen LogP contribution in [0.15, 0.2) is 67.0 Å². The number of hydrogen-bond donors (Lipinski definition) is 3. The van der Waals surface area contributed by atoms with E-state index in [1.54, 1.807) is 10.7 Å². The highest BCUT2D eigenvalue weighted by atomic mass is 35.5. The van der Waals surface area contributed by atoms with E-state index < -0.39 is 23.4 Å². The molecule has 2 aromatic carbocycles. The average Bonchev–Trinajstić information content (AvgIpc) is 3.46. The molecular weight excluding hydrogens is 514 g/mol. The summed E-state index contributed by atoms with van der Waals surface area (Å²) >= 11 is 6.17. The van der Waals surface area contributed by atoms with Gasteiger partial charge < -0.3 is 15.0 Å². The molecule has 0 aliphatic carbocycles. The minimum absolute atomic E-state index is 0.118. The molecule has 3 N–H and O–H groups in total. The molecule has 2 amide bonds. The van der Waals surface area contributed by atoms with E-state index >= 15 is 0 Å². The Morgan fingerprint density at radius 1 is 1.05 bits per heavy atom. The number of rotatable bonds is 5. The molecule has 0 fully saturated rings. The summed E-state index contributed by atoms with van der Waals surface area (Å²) in [6.07, 6.45) is 3.01. The first-order valence-electron chi connectivity index (χ1n) is 11.6. The second-order valence-electron chi connectivity index (χ2n) is 9.52. The number of para-hydroxylation sites is 1. The number of hydrogen-bond acceptors (Lipinski definition) is 4. The summed E-state index contributed by atoms with van der Waals surface area (Å²) in [6, 6.07) is 13.5. The Balaban J connectivity index is 1.38. The second kappa shape index (κ2) is 9.79. The number of amides is 2. The fraction of sp³-hybridized carbons (Fsp3) is 0.148. The predicted molar refractivity (Wildman–Crippen MR) is 142 cm³/mol. The van der Waals surface area contributed by atoms with Gasteiger partial charge in [0.1, 0.15) is 28.7 Å². The number of aromatic nitrogens is 4. The number of ether oxygens (including phenoxy) is 1. The molecule has 0 radical (unpaired) electrons. The van der Waals surface area contributed by atoms with Crippen molar-refractivity contribution in [2.75, 3.05) is 10.6 Å². The largest absolute Gasteiger partial charge is 0.456 e. The van der Waals surface area contributed by atoms with E-state index in [2.05, 4.69) is 25.7 Å². The van der Waals surface area contributed by atoms with Gasteiger partial charge in [-0.15, -0.1) is 0 Å². The number of halogens is 3. The molecule has 0 spiro atoms. The Labute approximate surface area is 221 Å². The van der Waals surface area contributed by atoms with Gasteiger partial charge in [0.05, 0.1) is 21.8 Å². The van der Waals surface area contributed by atoms with Crippen molar-refractivity contribution < 1.29 is 18.3 Å². The van der Waals surface area contributed by atoms with E-state index in [4.69, 9.17) is 16.3 Å². The monoisotopic (exact) mass is 536 g/mol. The Morgan fingerprint density at radius 2 is 1.76 bits per heavy atom. The van der Waals surface area contributed by atoms with Crippen LogP contribution in [0.25, 0.3) is 16.7 Å². The van der Waals surface area contributed by atoms with Crippen LogP contribution in [0.5, 0.6) is 11.5 Å². The number of nitrogens with one attached hydrogen (secondary N) is 3. The number of pyridine rings is 1. The normalized spacial score (nSPS) is 11.5. The van der Waals surface area contributed by atoms with Crippen LogP contribution in [-0.2, 0) is 5.41 Å². The average molecular weight is 537 g/mol. The Bertz CT molecular complexity index is 1620. The van der Waals surface area contributed by atoms with Crippen LogP contribution < -0.4 is 15.4 Å². The number of H-pyrrole nitrogens is 1. The molecule has 5 rings (SSSR count). The first-order chi connectivity index (χ1) is 18.1. The van der Waals surface area contributed by atoms with Gasteiger partial charge in [-0.1, -0.05) is 50.6 Å². The van der Waals surface area contributed by atoms with Crippen LogP contribution in [-0.4, -0.2) is 25.8 Å². The highest BCUT2D eigenvalue weighted by molar-refractivity contribution is 6.36. The smallest absolute Gasteiger partial charge is 0.325 e. The number of benzene rings is 2. The first kappa shape index (κ1) is 25.2. The van der Waals surface area contributed by atoms with Gasteiger partial charge in [0, 0.05) is 36.0 Å². The topological polar surface area (TPSA) is 96.9 Å². The van der Waals surface area contributed by atoms with Gasteiger partial charge >= 0.3 is 6.03 Å². The molecule has 5 aromatic rings. The van der Waals surface area contributed by atoms with Crippen molar-refractivity contribution in [3.05, 3.63) is 89.3 Å². The Kier molecular flexibility index (Phi) is 6.50. The Hall–Kier alpha value is -4.44. The summed E-state index contributed by atoms with van der Waals surface area (Å²) in [5.41, 5.74) is 0.976. The van der Waals surface area contributed by atoms with Gasteiger partial charge in [-0.3, -0.25) is 5.32 Å². The Morgan fingerprint density at radius 3 is 2.45 bits per heavy atom. The molecule has 0 aliphatic rings. The molecular formula is C27H23ClF2N6O2. The van der Waals surface area contributed by atoms with E-state index in [0.717, 1.165) is 17.8 Å². The second-order valence-corrected chi connectivity index (χ2v) is 9.93. The van der Waals surface area contributed by atoms with Crippen LogP contribution in [0.1, 0.15) is 26.5 Å². The number of anilines is 2. The van der Waals surface area contributed by atoms with Crippen molar-refractivity contribution in [2.45, 2.75) is 26.2 Å². The molecule has 194 valence electrons. The molecule has 0 aliphatic heterocycles. The van der Waals surface area contributed by atoms with E-state index in [1.165, 1.54) is 18.5 Å². The van der Waals surface area contributed by atoms with E-state index in [0.29, 0.717) is 27.6 Å². The minimum Gasteiger partial charge on any atom is -0.456 e. The molecule has 0 unspecified atom stereocenters. The number of carbonyl (C=O) groups excluding carboxylic acids is 1.